The molecule has 17 heavy (non-hydrogen) atoms. The molecule has 2 rings (SSSR count). The van der Waals surface area contributed by atoms with Crippen LogP contribution < -0.4 is 5.32 Å². The van der Waals surface area contributed by atoms with Crippen molar-refractivity contribution in [1.82, 2.24) is 10.2 Å². The molecule has 0 aromatic rings. The Morgan fingerprint density at radius 2 is 2.24 bits per heavy atom. The summed E-state index contributed by atoms with van der Waals surface area (Å²) in [6.45, 7) is 1.69. The summed E-state index contributed by atoms with van der Waals surface area (Å²) < 4.78 is 5.37. The van der Waals surface area contributed by atoms with Crippen LogP contribution in [0.25, 0.3) is 0 Å². The van der Waals surface area contributed by atoms with Gasteiger partial charge in [0.05, 0.1) is 18.6 Å². The van der Waals surface area contributed by atoms with E-state index in [1.165, 1.54) is 4.90 Å². The number of aliphatic hydroxyl groups excluding tert-OH is 2. The van der Waals surface area contributed by atoms with E-state index in [1.54, 1.807) is 6.92 Å². The average Bonchev–Trinajstić information content (AvgIpc) is 2.65. The number of carbonyl (C=O) groups excluding carboxylic acids is 2. The van der Waals surface area contributed by atoms with Crippen molar-refractivity contribution < 1.29 is 24.5 Å². The molecule has 4 atom stereocenters. The third kappa shape index (κ3) is 2.26. The fourth-order valence-corrected chi connectivity index (χ4v) is 2.08. The number of ether oxygens (including phenoxy) is 1. The van der Waals surface area contributed by atoms with Gasteiger partial charge in [-0.15, -0.1) is 0 Å². The van der Waals surface area contributed by atoms with Gasteiger partial charge in [-0.3, -0.25) is 15.0 Å². The molecule has 2 heterocycles. The van der Waals surface area contributed by atoms with Gasteiger partial charge in [0, 0.05) is 13.0 Å². The van der Waals surface area contributed by atoms with E-state index < -0.39 is 24.5 Å². The monoisotopic (exact) mass is 244 g/mol. The van der Waals surface area contributed by atoms with Crippen molar-refractivity contribution in [2.75, 3.05) is 13.2 Å². The first-order chi connectivity index (χ1) is 8.02. The van der Waals surface area contributed by atoms with E-state index in [0.29, 0.717) is 0 Å². The predicted octanol–water partition coefficient (Wildman–Crippen LogP) is -1.36. The molecule has 2 saturated heterocycles. The summed E-state index contributed by atoms with van der Waals surface area (Å²) in [5.74, 6) is -0.606. The minimum absolute atomic E-state index is 0.250. The Morgan fingerprint density at radius 3 is 2.82 bits per heavy atom. The second-order valence-corrected chi connectivity index (χ2v) is 4.46. The van der Waals surface area contributed by atoms with Gasteiger partial charge in [-0.2, -0.15) is 0 Å². The van der Waals surface area contributed by atoms with Crippen molar-refractivity contribution in [1.29, 1.82) is 0 Å². The molecular weight excluding hydrogens is 228 g/mol. The molecule has 96 valence electrons. The van der Waals surface area contributed by atoms with Crippen LogP contribution in [0.15, 0.2) is 0 Å². The SMILES string of the molecule is C[C@H]1CN([C@H]2C[C@@H](O)[C@H](CO)O2)C(=O)NC1=O. The first-order valence-electron chi connectivity index (χ1n) is 5.58. The smallest absolute Gasteiger partial charge is 0.326 e. The summed E-state index contributed by atoms with van der Waals surface area (Å²) in [6.07, 6.45) is -1.79. The fourth-order valence-electron chi connectivity index (χ4n) is 2.08. The summed E-state index contributed by atoms with van der Waals surface area (Å²) in [5, 5.41) is 20.8. The number of urea groups is 1. The van der Waals surface area contributed by atoms with Gasteiger partial charge in [0.25, 0.3) is 0 Å². The van der Waals surface area contributed by atoms with Gasteiger partial charge in [-0.05, 0) is 0 Å². The lowest BCUT2D eigenvalue weighted by atomic mass is 10.1. The second kappa shape index (κ2) is 4.59. The van der Waals surface area contributed by atoms with Crippen LogP contribution in [0.3, 0.4) is 0 Å². The third-order valence-corrected chi connectivity index (χ3v) is 3.14. The molecule has 2 aliphatic rings. The Kier molecular flexibility index (Phi) is 3.32. The van der Waals surface area contributed by atoms with Gasteiger partial charge in [0.15, 0.2) is 0 Å². The lowest BCUT2D eigenvalue weighted by Crippen LogP contribution is -2.57. The first-order valence-corrected chi connectivity index (χ1v) is 5.58. The predicted molar refractivity (Wildman–Crippen MR) is 55.8 cm³/mol. The number of hydrogen-bond donors (Lipinski definition) is 3. The maximum Gasteiger partial charge on any atom is 0.326 e. The normalized spacial score (nSPS) is 38.4. The van der Waals surface area contributed by atoms with Crippen LogP contribution in [-0.4, -0.2) is 58.6 Å². The molecule has 3 amide bonds. The minimum Gasteiger partial charge on any atom is -0.394 e. The van der Waals surface area contributed by atoms with E-state index in [9.17, 15) is 14.7 Å². The molecule has 0 unspecified atom stereocenters. The zero-order valence-corrected chi connectivity index (χ0v) is 9.50. The number of carbonyl (C=O) groups is 2. The van der Waals surface area contributed by atoms with Gasteiger partial charge in [0.2, 0.25) is 5.91 Å². The number of hydrogen-bond acceptors (Lipinski definition) is 5. The standard InChI is InChI=1S/C10H16N2O5/c1-5-3-12(10(16)11-9(5)15)8-2-6(14)7(4-13)17-8/h5-8,13-14H,2-4H2,1H3,(H,11,15,16)/t5-,6+,7-,8+/m0/s1. The molecule has 0 aromatic carbocycles. The fraction of sp³-hybridized carbons (Fsp3) is 0.800. The number of imide groups is 1. The maximum atomic E-state index is 11.6. The highest BCUT2D eigenvalue weighted by molar-refractivity contribution is 5.97. The molecule has 0 saturated carbocycles. The topological polar surface area (TPSA) is 99.1 Å². The van der Waals surface area contributed by atoms with Crippen molar-refractivity contribution in [3.63, 3.8) is 0 Å². The molecule has 3 N–H and O–H groups in total. The number of rotatable bonds is 2. The lowest BCUT2D eigenvalue weighted by Gasteiger charge is -2.34. The van der Waals surface area contributed by atoms with Crippen LogP contribution in [0.5, 0.6) is 0 Å². The maximum absolute atomic E-state index is 11.6. The quantitative estimate of drug-likeness (QED) is 0.557. The second-order valence-electron chi connectivity index (χ2n) is 4.46. The lowest BCUT2D eigenvalue weighted by molar-refractivity contribution is -0.128. The number of nitrogens with one attached hydrogen (secondary N) is 1. The van der Waals surface area contributed by atoms with Crippen LogP contribution in [0.2, 0.25) is 0 Å². The molecule has 7 heteroatoms. The summed E-state index contributed by atoms with van der Waals surface area (Å²) in [5.41, 5.74) is 0. The molecule has 0 spiro atoms. The highest BCUT2D eigenvalue weighted by Crippen LogP contribution is 2.25. The third-order valence-electron chi connectivity index (χ3n) is 3.14. The minimum atomic E-state index is -0.786. The van der Waals surface area contributed by atoms with Crippen LogP contribution >= 0.6 is 0 Å². The first kappa shape index (κ1) is 12.3. The van der Waals surface area contributed by atoms with E-state index in [4.69, 9.17) is 9.84 Å². The summed E-state index contributed by atoms with van der Waals surface area (Å²) in [6, 6.07) is -0.510. The van der Waals surface area contributed by atoms with Gasteiger partial charge in [-0.25, -0.2) is 4.79 Å². The molecule has 0 aliphatic carbocycles. The molecule has 0 aromatic heterocycles. The van der Waals surface area contributed by atoms with E-state index in [-0.39, 0.29) is 31.4 Å². The van der Waals surface area contributed by atoms with Crippen molar-refractivity contribution in [3.8, 4) is 0 Å². The van der Waals surface area contributed by atoms with Crippen molar-refractivity contribution in [2.24, 2.45) is 5.92 Å². The molecule has 2 fully saturated rings. The zero-order valence-electron chi connectivity index (χ0n) is 9.50. The Labute approximate surface area is 98.3 Å². The molecular formula is C10H16N2O5. The Morgan fingerprint density at radius 1 is 1.53 bits per heavy atom. The van der Waals surface area contributed by atoms with E-state index >= 15 is 0 Å². The average molecular weight is 244 g/mol. The van der Waals surface area contributed by atoms with Crippen LogP contribution in [0.4, 0.5) is 4.79 Å². The van der Waals surface area contributed by atoms with Gasteiger partial charge >= 0.3 is 6.03 Å². The van der Waals surface area contributed by atoms with Crippen molar-refractivity contribution in [3.05, 3.63) is 0 Å². The van der Waals surface area contributed by atoms with Crippen LogP contribution in [0.1, 0.15) is 13.3 Å². The van der Waals surface area contributed by atoms with Crippen LogP contribution in [0, 0.1) is 5.92 Å². The Balaban J connectivity index is 2.03. The molecule has 2 aliphatic heterocycles. The number of aliphatic hydroxyl groups is 2. The van der Waals surface area contributed by atoms with Gasteiger partial charge in [-0.1, -0.05) is 6.92 Å². The molecule has 0 bridgehead atoms. The highest BCUT2D eigenvalue weighted by Gasteiger charge is 2.41. The number of amides is 3. The highest BCUT2D eigenvalue weighted by atomic mass is 16.5. The van der Waals surface area contributed by atoms with Gasteiger partial charge < -0.3 is 14.9 Å². The Bertz CT molecular complexity index is 335. The molecule has 0 radical (unpaired) electrons. The van der Waals surface area contributed by atoms with E-state index in [0.717, 1.165) is 0 Å². The summed E-state index contributed by atoms with van der Waals surface area (Å²) >= 11 is 0. The summed E-state index contributed by atoms with van der Waals surface area (Å²) in [4.78, 5) is 24.2. The summed E-state index contributed by atoms with van der Waals surface area (Å²) in [7, 11) is 0. The zero-order chi connectivity index (χ0) is 12.6. The van der Waals surface area contributed by atoms with E-state index in [2.05, 4.69) is 5.32 Å². The van der Waals surface area contributed by atoms with Crippen molar-refractivity contribution >= 4 is 11.9 Å². The largest absolute Gasteiger partial charge is 0.394 e. The molecule has 7 nitrogen and oxygen atoms in total. The van der Waals surface area contributed by atoms with Crippen molar-refractivity contribution in [2.45, 2.75) is 31.8 Å². The van der Waals surface area contributed by atoms with Gasteiger partial charge in [0.1, 0.15) is 12.3 Å². The van der Waals surface area contributed by atoms with E-state index in [1.807, 2.05) is 0 Å². The van der Waals surface area contributed by atoms with Crippen LogP contribution in [-0.2, 0) is 9.53 Å². The number of nitrogens with zero attached hydrogens (tertiary/aromatic N) is 1. The Hall–Kier alpha value is -1.18.